The Morgan fingerprint density at radius 2 is 2.12 bits per heavy atom. The number of hydrogen-bond acceptors (Lipinski definition) is 4. The molecule has 6 heteroatoms. The molecule has 1 aromatic carbocycles. The molecule has 3 N–H and O–H groups in total. The average molecular weight is 238 g/mol. The number of carboxylic acids is 1. The minimum absolute atomic E-state index is 0.00574. The van der Waals surface area contributed by atoms with E-state index in [4.69, 9.17) is 9.84 Å². The maximum Gasteiger partial charge on any atom is 0.337 e. The summed E-state index contributed by atoms with van der Waals surface area (Å²) in [5.74, 6) is -1.00. The molecule has 1 aromatic rings. The Morgan fingerprint density at radius 1 is 1.41 bits per heavy atom. The zero-order valence-electron chi connectivity index (χ0n) is 9.61. The fourth-order valence-electron chi connectivity index (χ4n) is 1.29. The SMILES string of the molecule is CNCC(=O)Nc1ccc(OC)cc1C(=O)O. The smallest absolute Gasteiger partial charge is 0.337 e. The number of ether oxygens (including phenoxy) is 1. The summed E-state index contributed by atoms with van der Waals surface area (Å²) in [6, 6.07) is 4.44. The first-order valence-electron chi connectivity index (χ1n) is 4.94. The second kappa shape index (κ2) is 5.86. The predicted octanol–water partition coefficient (Wildman–Crippen LogP) is 0.551. The van der Waals surface area contributed by atoms with Gasteiger partial charge < -0.3 is 20.5 Å². The van der Waals surface area contributed by atoms with E-state index >= 15 is 0 Å². The summed E-state index contributed by atoms with van der Waals surface area (Å²) in [7, 11) is 3.08. The third-order valence-corrected chi connectivity index (χ3v) is 2.07. The monoisotopic (exact) mass is 238 g/mol. The summed E-state index contributed by atoms with van der Waals surface area (Å²) in [6.07, 6.45) is 0. The van der Waals surface area contributed by atoms with Crippen LogP contribution in [0.25, 0.3) is 0 Å². The van der Waals surface area contributed by atoms with Gasteiger partial charge in [0.2, 0.25) is 5.91 Å². The molecule has 0 radical (unpaired) electrons. The summed E-state index contributed by atoms with van der Waals surface area (Å²) in [6.45, 7) is 0.116. The van der Waals surface area contributed by atoms with Gasteiger partial charge in [0.25, 0.3) is 0 Å². The largest absolute Gasteiger partial charge is 0.497 e. The third kappa shape index (κ3) is 3.46. The molecule has 0 saturated carbocycles. The summed E-state index contributed by atoms with van der Waals surface area (Å²) in [4.78, 5) is 22.4. The maximum atomic E-state index is 11.3. The van der Waals surface area contributed by atoms with Crippen LogP contribution in [0.3, 0.4) is 0 Å². The van der Waals surface area contributed by atoms with E-state index in [1.165, 1.54) is 19.2 Å². The van der Waals surface area contributed by atoms with Gasteiger partial charge in [0.1, 0.15) is 5.75 Å². The molecule has 0 fully saturated rings. The lowest BCUT2D eigenvalue weighted by Crippen LogP contribution is -2.25. The first kappa shape index (κ1) is 13.0. The van der Waals surface area contributed by atoms with E-state index in [2.05, 4.69) is 10.6 Å². The summed E-state index contributed by atoms with van der Waals surface area (Å²) >= 11 is 0. The molecule has 0 aliphatic heterocycles. The van der Waals surface area contributed by atoms with Gasteiger partial charge in [-0.1, -0.05) is 0 Å². The molecule has 0 saturated heterocycles. The standard InChI is InChI=1S/C11H14N2O4/c1-12-6-10(14)13-9-4-3-7(17-2)5-8(9)11(15)16/h3-5,12H,6H2,1-2H3,(H,13,14)(H,15,16). The number of carbonyl (C=O) groups is 2. The van der Waals surface area contributed by atoms with Crippen molar-refractivity contribution in [2.75, 3.05) is 26.0 Å². The van der Waals surface area contributed by atoms with E-state index in [0.29, 0.717) is 5.75 Å². The zero-order chi connectivity index (χ0) is 12.8. The summed E-state index contributed by atoms with van der Waals surface area (Å²) < 4.78 is 4.92. The highest BCUT2D eigenvalue weighted by Crippen LogP contribution is 2.21. The van der Waals surface area contributed by atoms with E-state index in [9.17, 15) is 9.59 Å². The lowest BCUT2D eigenvalue weighted by Gasteiger charge is -2.09. The van der Waals surface area contributed by atoms with Gasteiger partial charge >= 0.3 is 5.97 Å². The van der Waals surface area contributed by atoms with Crippen molar-refractivity contribution in [1.82, 2.24) is 5.32 Å². The van der Waals surface area contributed by atoms with Crippen LogP contribution in [0.15, 0.2) is 18.2 Å². The lowest BCUT2D eigenvalue weighted by molar-refractivity contribution is -0.115. The predicted molar refractivity (Wildman–Crippen MR) is 62.5 cm³/mol. The number of hydrogen-bond donors (Lipinski definition) is 3. The van der Waals surface area contributed by atoms with Gasteiger partial charge in [-0.25, -0.2) is 4.79 Å². The minimum atomic E-state index is -1.12. The maximum absolute atomic E-state index is 11.3. The van der Waals surface area contributed by atoms with E-state index in [1.807, 2.05) is 0 Å². The van der Waals surface area contributed by atoms with Crippen LogP contribution in [0.1, 0.15) is 10.4 Å². The number of aromatic carboxylic acids is 1. The second-order valence-electron chi connectivity index (χ2n) is 3.30. The number of likely N-dealkylation sites (N-methyl/N-ethyl adjacent to an activating group) is 1. The molecule has 92 valence electrons. The third-order valence-electron chi connectivity index (χ3n) is 2.07. The number of methoxy groups -OCH3 is 1. The number of nitrogens with one attached hydrogen (secondary N) is 2. The van der Waals surface area contributed by atoms with Crippen LogP contribution in [0, 0.1) is 0 Å². The number of carboxylic acid groups (broad SMARTS) is 1. The quantitative estimate of drug-likeness (QED) is 0.697. The molecule has 0 aromatic heterocycles. The van der Waals surface area contributed by atoms with E-state index in [-0.39, 0.29) is 23.7 Å². The Labute approximate surface area is 98.6 Å². The fourth-order valence-corrected chi connectivity index (χ4v) is 1.29. The van der Waals surface area contributed by atoms with Crippen LogP contribution >= 0.6 is 0 Å². The van der Waals surface area contributed by atoms with Crippen molar-refractivity contribution < 1.29 is 19.4 Å². The molecule has 0 spiro atoms. The highest BCUT2D eigenvalue weighted by molar-refractivity contribution is 6.01. The van der Waals surface area contributed by atoms with Crippen molar-refractivity contribution >= 4 is 17.6 Å². The minimum Gasteiger partial charge on any atom is -0.497 e. The van der Waals surface area contributed by atoms with Gasteiger partial charge in [-0.05, 0) is 25.2 Å². The van der Waals surface area contributed by atoms with Crippen LogP contribution in [0.5, 0.6) is 5.75 Å². The van der Waals surface area contributed by atoms with Gasteiger partial charge in [0.15, 0.2) is 0 Å². The number of rotatable bonds is 5. The van der Waals surface area contributed by atoms with Crippen LogP contribution in [0.2, 0.25) is 0 Å². The van der Waals surface area contributed by atoms with Crippen LogP contribution in [-0.2, 0) is 4.79 Å². The van der Waals surface area contributed by atoms with Crippen molar-refractivity contribution in [1.29, 1.82) is 0 Å². The van der Waals surface area contributed by atoms with Gasteiger partial charge in [-0.3, -0.25) is 4.79 Å². The molecule has 0 aliphatic carbocycles. The molecule has 1 rings (SSSR count). The second-order valence-corrected chi connectivity index (χ2v) is 3.30. The van der Waals surface area contributed by atoms with Crippen LogP contribution in [0.4, 0.5) is 5.69 Å². The Hall–Kier alpha value is -2.08. The molecule has 0 aliphatic rings. The number of carbonyl (C=O) groups excluding carboxylic acids is 1. The number of anilines is 1. The molecular formula is C11H14N2O4. The molecule has 6 nitrogen and oxygen atoms in total. The van der Waals surface area contributed by atoms with E-state index < -0.39 is 5.97 Å². The Bertz CT molecular complexity index is 431. The fraction of sp³-hybridized carbons (Fsp3) is 0.273. The molecule has 0 unspecified atom stereocenters. The molecule has 0 bridgehead atoms. The van der Waals surface area contributed by atoms with Crippen LogP contribution < -0.4 is 15.4 Å². The summed E-state index contributed by atoms with van der Waals surface area (Å²) in [5.41, 5.74) is 0.243. The molecular weight excluding hydrogens is 224 g/mol. The Morgan fingerprint density at radius 3 is 2.65 bits per heavy atom. The van der Waals surface area contributed by atoms with Crippen molar-refractivity contribution in [2.24, 2.45) is 0 Å². The van der Waals surface area contributed by atoms with Gasteiger partial charge in [-0.15, -0.1) is 0 Å². The highest BCUT2D eigenvalue weighted by atomic mass is 16.5. The van der Waals surface area contributed by atoms with Crippen molar-refractivity contribution in [2.45, 2.75) is 0 Å². The van der Waals surface area contributed by atoms with E-state index in [1.54, 1.807) is 13.1 Å². The molecule has 0 atom stereocenters. The van der Waals surface area contributed by atoms with Crippen molar-refractivity contribution in [3.8, 4) is 5.75 Å². The normalized spacial score (nSPS) is 9.76. The van der Waals surface area contributed by atoms with Crippen molar-refractivity contribution in [3.05, 3.63) is 23.8 Å². The number of benzene rings is 1. The summed E-state index contributed by atoms with van der Waals surface area (Å²) in [5, 5.41) is 14.2. The first-order valence-corrected chi connectivity index (χ1v) is 4.94. The topological polar surface area (TPSA) is 87.7 Å². The molecule has 0 heterocycles. The first-order chi connectivity index (χ1) is 8.08. The number of amides is 1. The Kier molecular flexibility index (Phi) is 4.47. The molecule has 1 amide bonds. The van der Waals surface area contributed by atoms with Gasteiger partial charge in [0, 0.05) is 0 Å². The van der Waals surface area contributed by atoms with Gasteiger partial charge in [0.05, 0.1) is 24.9 Å². The molecule has 17 heavy (non-hydrogen) atoms. The lowest BCUT2D eigenvalue weighted by atomic mass is 10.1. The van der Waals surface area contributed by atoms with Crippen LogP contribution in [-0.4, -0.2) is 37.7 Å². The van der Waals surface area contributed by atoms with E-state index in [0.717, 1.165) is 0 Å². The Balaban J connectivity index is 2.98. The van der Waals surface area contributed by atoms with Gasteiger partial charge in [-0.2, -0.15) is 0 Å². The average Bonchev–Trinajstić information content (AvgIpc) is 2.29. The van der Waals surface area contributed by atoms with Crippen molar-refractivity contribution in [3.63, 3.8) is 0 Å². The highest BCUT2D eigenvalue weighted by Gasteiger charge is 2.13. The zero-order valence-corrected chi connectivity index (χ0v) is 9.61.